The van der Waals surface area contributed by atoms with Crippen LogP contribution >= 0.6 is 23.2 Å². The SMILES string of the molecule is CC(C)CCOC(=O)c1c(Cl)cc(O)cc1Cl. The van der Waals surface area contributed by atoms with Gasteiger partial charge in [0.05, 0.1) is 22.2 Å². The van der Waals surface area contributed by atoms with Gasteiger partial charge in [0.25, 0.3) is 0 Å². The fraction of sp³-hybridized carbons (Fsp3) is 0.417. The molecule has 0 aromatic heterocycles. The number of benzene rings is 1. The molecule has 0 aliphatic heterocycles. The molecule has 5 heteroatoms. The molecule has 94 valence electrons. The van der Waals surface area contributed by atoms with Crippen molar-refractivity contribution in [2.24, 2.45) is 5.92 Å². The van der Waals surface area contributed by atoms with Crippen LogP contribution in [0.4, 0.5) is 0 Å². The molecule has 1 aromatic carbocycles. The molecule has 1 N–H and O–H groups in total. The molecule has 0 bridgehead atoms. The number of phenols is 1. The fourth-order valence-electron chi connectivity index (χ4n) is 1.21. The van der Waals surface area contributed by atoms with Crippen LogP contribution in [0.2, 0.25) is 10.0 Å². The largest absolute Gasteiger partial charge is 0.508 e. The van der Waals surface area contributed by atoms with E-state index < -0.39 is 5.97 Å². The maximum absolute atomic E-state index is 11.7. The van der Waals surface area contributed by atoms with Crippen molar-refractivity contribution in [3.63, 3.8) is 0 Å². The zero-order valence-corrected chi connectivity index (χ0v) is 11.2. The van der Waals surface area contributed by atoms with E-state index in [1.165, 1.54) is 12.1 Å². The van der Waals surface area contributed by atoms with Crippen LogP contribution in [0.1, 0.15) is 30.6 Å². The monoisotopic (exact) mass is 276 g/mol. The highest BCUT2D eigenvalue weighted by Gasteiger charge is 2.17. The van der Waals surface area contributed by atoms with Crippen LogP contribution in [0.3, 0.4) is 0 Å². The van der Waals surface area contributed by atoms with Crippen LogP contribution in [0.25, 0.3) is 0 Å². The first-order chi connectivity index (χ1) is 7.91. The molecule has 0 aliphatic carbocycles. The smallest absolute Gasteiger partial charge is 0.341 e. The predicted octanol–water partition coefficient (Wildman–Crippen LogP) is 3.90. The highest BCUT2D eigenvalue weighted by atomic mass is 35.5. The van der Waals surface area contributed by atoms with Gasteiger partial charge in [0.2, 0.25) is 0 Å². The van der Waals surface area contributed by atoms with Crippen molar-refractivity contribution in [3.8, 4) is 5.75 Å². The van der Waals surface area contributed by atoms with E-state index in [2.05, 4.69) is 0 Å². The van der Waals surface area contributed by atoms with E-state index in [-0.39, 0.29) is 21.4 Å². The highest BCUT2D eigenvalue weighted by molar-refractivity contribution is 6.39. The lowest BCUT2D eigenvalue weighted by Crippen LogP contribution is -2.09. The van der Waals surface area contributed by atoms with E-state index in [9.17, 15) is 9.90 Å². The van der Waals surface area contributed by atoms with E-state index in [4.69, 9.17) is 27.9 Å². The Labute approximate surface area is 110 Å². The first kappa shape index (κ1) is 14.1. The van der Waals surface area contributed by atoms with Crippen molar-refractivity contribution < 1.29 is 14.6 Å². The molecule has 0 unspecified atom stereocenters. The van der Waals surface area contributed by atoms with Crippen molar-refractivity contribution in [3.05, 3.63) is 27.7 Å². The lowest BCUT2D eigenvalue weighted by Gasteiger charge is -2.09. The predicted molar refractivity (Wildman–Crippen MR) is 67.9 cm³/mol. The first-order valence-electron chi connectivity index (χ1n) is 5.27. The summed E-state index contributed by atoms with van der Waals surface area (Å²) in [4.78, 5) is 11.7. The second kappa shape index (κ2) is 6.12. The van der Waals surface area contributed by atoms with Crippen molar-refractivity contribution >= 4 is 29.2 Å². The van der Waals surface area contributed by atoms with Crippen LogP contribution < -0.4 is 0 Å². The van der Waals surface area contributed by atoms with Gasteiger partial charge in [0.1, 0.15) is 5.75 Å². The van der Waals surface area contributed by atoms with Crippen LogP contribution in [0, 0.1) is 5.92 Å². The number of halogens is 2. The number of esters is 1. The summed E-state index contributed by atoms with van der Waals surface area (Å²) in [5, 5.41) is 9.40. The van der Waals surface area contributed by atoms with E-state index in [1.807, 2.05) is 13.8 Å². The summed E-state index contributed by atoms with van der Waals surface area (Å²) in [6.07, 6.45) is 0.777. The number of phenolic OH excluding ortho intramolecular Hbond substituents is 1. The van der Waals surface area contributed by atoms with Crippen LogP contribution in [0.15, 0.2) is 12.1 Å². The van der Waals surface area contributed by atoms with E-state index in [0.29, 0.717) is 12.5 Å². The number of hydrogen-bond acceptors (Lipinski definition) is 3. The number of aromatic hydroxyl groups is 1. The Bertz CT molecular complexity index is 393. The average Bonchev–Trinajstić information content (AvgIpc) is 2.14. The third-order valence-electron chi connectivity index (χ3n) is 2.16. The van der Waals surface area contributed by atoms with Gasteiger partial charge in [-0.05, 0) is 24.5 Å². The first-order valence-corrected chi connectivity index (χ1v) is 6.02. The summed E-state index contributed by atoms with van der Waals surface area (Å²) in [5.74, 6) is -0.201. The van der Waals surface area contributed by atoms with Crippen molar-refractivity contribution in [1.82, 2.24) is 0 Å². The molecule has 3 nitrogen and oxygen atoms in total. The molecule has 0 amide bonds. The normalized spacial score (nSPS) is 10.6. The van der Waals surface area contributed by atoms with Crippen LogP contribution in [-0.4, -0.2) is 17.7 Å². The molecule has 0 aliphatic rings. The van der Waals surface area contributed by atoms with Crippen molar-refractivity contribution in [1.29, 1.82) is 0 Å². The number of rotatable bonds is 4. The second-order valence-electron chi connectivity index (χ2n) is 4.10. The Morgan fingerprint density at radius 2 is 1.88 bits per heavy atom. The maximum Gasteiger partial charge on any atom is 0.341 e. The molecule has 0 fully saturated rings. The van der Waals surface area contributed by atoms with E-state index in [1.54, 1.807) is 0 Å². The minimum Gasteiger partial charge on any atom is -0.508 e. The third-order valence-corrected chi connectivity index (χ3v) is 2.76. The molecular formula is C12H14Cl2O3. The van der Waals surface area contributed by atoms with Crippen LogP contribution in [-0.2, 0) is 4.74 Å². The van der Waals surface area contributed by atoms with Crippen molar-refractivity contribution in [2.45, 2.75) is 20.3 Å². The molecule has 0 saturated carbocycles. The summed E-state index contributed by atoms with van der Waals surface area (Å²) in [6.45, 7) is 4.40. The molecule has 0 saturated heterocycles. The molecule has 1 rings (SSSR count). The third kappa shape index (κ3) is 4.10. The Kier molecular flexibility index (Phi) is 5.09. The Morgan fingerprint density at radius 1 is 1.35 bits per heavy atom. The minimum absolute atomic E-state index is 0.0845. The quantitative estimate of drug-likeness (QED) is 0.849. The maximum atomic E-state index is 11.7. The zero-order chi connectivity index (χ0) is 13.0. The molecule has 0 heterocycles. The molecule has 0 radical (unpaired) electrons. The fourth-order valence-corrected chi connectivity index (χ4v) is 1.84. The van der Waals surface area contributed by atoms with Gasteiger partial charge in [-0.1, -0.05) is 37.0 Å². The van der Waals surface area contributed by atoms with Gasteiger partial charge in [-0.2, -0.15) is 0 Å². The summed E-state index contributed by atoms with van der Waals surface area (Å²) in [5.41, 5.74) is 0.0925. The summed E-state index contributed by atoms with van der Waals surface area (Å²) >= 11 is 11.7. The lowest BCUT2D eigenvalue weighted by molar-refractivity contribution is 0.0488. The average molecular weight is 277 g/mol. The topological polar surface area (TPSA) is 46.5 Å². The minimum atomic E-state index is -0.569. The van der Waals surface area contributed by atoms with Crippen LogP contribution in [0.5, 0.6) is 5.75 Å². The van der Waals surface area contributed by atoms with Gasteiger partial charge < -0.3 is 9.84 Å². The van der Waals surface area contributed by atoms with Gasteiger partial charge in [-0.25, -0.2) is 4.79 Å². The lowest BCUT2D eigenvalue weighted by atomic mass is 10.1. The van der Waals surface area contributed by atoms with E-state index >= 15 is 0 Å². The Morgan fingerprint density at radius 3 is 2.35 bits per heavy atom. The Hall–Kier alpha value is -0.930. The second-order valence-corrected chi connectivity index (χ2v) is 4.92. The molecule has 17 heavy (non-hydrogen) atoms. The summed E-state index contributed by atoms with van der Waals surface area (Å²) < 4.78 is 5.05. The zero-order valence-electron chi connectivity index (χ0n) is 9.67. The summed E-state index contributed by atoms with van der Waals surface area (Å²) in [6, 6.07) is 2.51. The van der Waals surface area contributed by atoms with Gasteiger partial charge in [0, 0.05) is 0 Å². The molecule has 0 atom stereocenters. The standard InChI is InChI=1S/C12H14Cl2O3/c1-7(2)3-4-17-12(16)11-9(13)5-8(15)6-10(11)14/h5-7,15H,3-4H2,1-2H3. The number of hydrogen-bond donors (Lipinski definition) is 1. The summed E-state index contributed by atoms with van der Waals surface area (Å²) in [7, 11) is 0. The van der Waals surface area contributed by atoms with Crippen molar-refractivity contribution in [2.75, 3.05) is 6.61 Å². The Balaban J connectivity index is 2.76. The molecule has 1 aromatic rings. The molecule has 0 spiro atoms. The number of carbonyl (C=O) groups excluding carboxylic acids is 1. The van der Waals surface area contributed by atoms with Gasteiger partial charge in [0.15, 0.2) is 0 Å². The van der Waals surface area contributed by atoms with Gasteiger partial charge >= 0.3 is 5.97 Å². The van der Waals surface area contributed by atoms with Gasteiger partial charge in [-0.15, -0.1) is 0 Å². The molecular weight excluding hydrogens is 263 g/mol. The van der Waals surface area contributed by atoms with Gasteiger partial charge in [-0.3, -0.25) is 0 Å². The van der Waals surface area contributed by atoms with E-state index in [0.717, 1.165) is 6.42 Å². The number of ether oxygens (including phenoxy) is 1. The highest BCUT2D eigenvalue weighted by Crippen LogP contribution is 2.30. The number of carbonyl (C=O) groups is 1.